The molecule has 1 rings (SSSR count). The Morgan fingerprint density at radius 2 is 2.07 bits per heavy atom. The van der Waals surface area contributed by atoms with Gasteiger partial charge in [-0.25, -0.2) is 0 Å². The third-order valence-corrected chi connectivity index (χ3v) is 3.49. The fourth-order valence-corrected chi connectivity index (χ4v) is 2.81. The molecule has 0 aliphatic heterocycles. The average molecular weight is 214 g/mol. The highest BCUT2D eigenvalue weighted by molar-refractivity contribution is 7.80. The summed E-state index contributed by atoms with van der Waals surface area (Å²) in [6.45, 7) is 3.06. The molecule has 0 aromatic carbocycles. The quantitative estimate of drug-likeness (QED) is 0.727. The maximum Gasteiger partial charge on any atom is 0.0870 e. The van der Waals surface area contributed by atoms with Crippen molar-refractivity contribution in [2.75, 3.05) is 13.6 Å². The van der Waals surface area contributed by atoms with Crippen molar-refractivity contribution in [3.05, 3.63) is 0 Å². The van der Waals surface area contributed by atoms with Crippen LogP contribution in [-0.2, 0) is 0 Å². The minimum atomic E-state index is 0.618. The van der Waals surface area contributed by atoms with Gasteiger partial charge in [0.1, 0.15) is 0 Å². The van der Waals surface area contributed by atoms with E-state index in [1.165, 1.54) is 32.1 Å². The summed E-state index contributed by atoms with van der Waals surface area (Å²) in [4.78, 5) is 2.96. The van der Waals surface area contributed by atoms with E-state index in [0.29, 0.717) is 11.0 Å². The van der Waals surface area contributed by atoms with Crippen molar-refractivity contribution in [2.24, 2.45) is 11.7 Å². The number of hydrogen-bond acceptors (Lipinski definition) is 2. The smallest absolute Gasteiger partial charge is 0.0870 e. The van der Waals surface area contributed by atoms with E-state index in [9.17, 15) is 0 Å². The Kier molecular flexibility index (Phi) is 4.82. The number of rotatable bonds is 4. The molecule has 1 aliphatic carbocycles. The highest BCUT2D eigenvalue weighted by atomic mass is 32.1. The Balaban J connectivity index is 2.49. The first-order valence-corrected chi connectivity index (χ1v) is 6.04. The van der Waals surface area contributed by atoms with E-state index in [2.05, 4.69) is 18.9 Å². The Bertz CT molecular complexity index is 194. The van der Waals surface area contributed by atoms with Gasteiger partial charge in [0.2, 0.25) is 0 Å². The molecule has 2 unspecified atom stereocenters. The van der Waals surface area contributed by atoms with Crippen molar-refractivity contribution in [1.82, 2.24) is 4.90 Å². The van der Waals surface area contributed by atoms with E-state index in [-0.39, 0.29) is 0 Å². The van der Waals surface area contributed by atoms with Crippen LogP contribution in [0.2, 0.25) is 0 Å². The van der Waals surface area contributed by atoms with Crippen molar-refractivity contribution in [3.63, 3.8) is 0 Å². The van der Waals surface area contributed by atoms with Crippen molar-refractivity contribution in [2.45, 2.75) is 45.1 Å². The molecule has 3 heteroatoms. The maximum absolute atomic E-state index is 5.58. The lowest BCUT2D eigenvalue weighted by Crippen LogP contribution is -2.43. The van der Waals surface area contributed by atoms with Gasteiger partial charge >= 0.3 is 0 Å². The normalized spacial score (nSPS) is 27.9. The summed E-state index contributed by atoms with van der Waals surface area (Å²) in [6, 6.07) is 0.704. The van der Waals surface area contributed by atoms with Crippen LogP contribution in [0.15, 0.2) is 0 Å². The third kappa shape index (κ3) is 3.21. The molecule has 1 fully saturated rings. The van der Waals surface area contributed by atoms with Crippen LogP contribution in [0, 0.1) is 5.92 Å². The molecule has 0 radical (unpaired) electrons. The van der Waals surface area contributed by atoms with Crippen LogP contribution in [0.1, 0.15) is 39.0 Å². The second-order valence-corrected chi connectivity index (χ2v) is 4.93. The number of thiocarbonyl (C=S) groups is 1. The van der Waals surface area contributed by atoms with Gasteiger partial charge in [-0.05, 0) is 25.8 Å². The lowest BCUT2D eigenvalue weighted by atomic mass is 9.82. The number of nitrogens with zero attached hydrogens (tertiary/aromatic N) is 1. The first kappa shape index (κ1) is 11.9. The monoisotopic (exact) mass is 214 g/mol. The highest BCUT2D eigenvalue weighted by Crippen LogP contribution is 2.29. The molecule has 0 aromatic heterocycles. The summed E-state index contributed by atoms with van der Waals surface area (Å²) in [5, 5.41) is 0. The van der Waals surface area contributed by atoms with Crippen molar-refractivity contribution in [1.29, 1.82) is 0 Å². The van der Waals surface area contributed by atoms with Gasteiger partial charge in [0.15, 0.2) is 0 Å². The molecule has 1 aliphatic rings. The standard InChI is InChI=1S/C11H22N2S/c1-3-9-6-4-5-7-10(9)13(2)8-11(12)14/h9-10H,3-8H2,1-2H3,(H2,12,14). The SMILES string of the molecule is CCC1CCCCC1N(C)CC(N)=S. The predicted molar refractivity (Wildman–Crippen MR) is 65.5 cm³/mol. The van der Waals surface area contributed by atoms with Crippen molar-refractivity contribution >= 4 is 17.2 Å². The Hall–Kier alpha value is -0.150. The minimum absolute atomic E-state index is 0.618. The van der Waals surface area contributed by atoms with E-state index < -0.39 is 0 Å². The molecular weight excluding hydrogens is 192 g/mol. The van der Waals surface area contributed by atoms with Crippen LogP contribution in [-0.4, -0.2) is 29.5 Å². The Morgan fingerprint density at radius 3 is 2.64 bits per heavy atom. The molecule has 14 heavy (non-hydrogen) atoms. The molecule has 0 bridgehead atoms. The molecule has 0 spiro atoms. The fraction of sp³-hybridized carbons (Fsp3) is 0.909. The molecule has 0 saturated heterocycles. The van der Waals surface area contributed by atoms with Crippen LogP contribution in [0.3, 0.4) is 0 Å². The third-order valence-electron chi connectivity index (χ3n) is 3.36. The van der Waals surface area contributed by atoms with Gasteiger partial charge in [-0.15, -0.1) is 0 Å². The van der Waals surface area contributed by atoms with E-state index in [1.807, 2.05) is 0 Å². The number of likely N-dealkylation sites (N-methyl/N-ethyl adjacent to an activating group) is 1. The topological polar surface area (TPSA) is 29.3 Å². The number of hydrogen-bond donors (Lipinski definition) is 1. The summed E-state index contributed by atoms with van der Waals surface area (Å²) < 4.78 is 0. The van der Waals surface area contributed by atoms with Crippen molar-refractivity contribution < 1.29 is 0 Å². The predicted octanol–water partition coefficient (Wildman–Crippen LogP) is 2.17. The zero-order chi connectivity index (χ0) is 10.6. The molecule has 0 amide bonds. The zero-order valence-electron chi connectivity index (χ0n) is 9.33. The molecule has 2 N–H and O–H groups in total. The van der Waals surface area contributed by atoms with Crippen molar-refractivity contribution in [3.8, 4) is 0 Å². The molecule has 2 atom stereocenters. The molecule has 82 valence electrons. The second kappa shape index (κ2) is 5.66. The molecule has 1 saturated carbocycles. The second-order valence-electron chi connectivity index (χ2n) is 4.40. The first-order valence-electron chi connectivity index (χ1n) is 5.63. The molecule has 0 aromatic rings. The average Bonchev–Trinajstić information content (AvgIpc) is 2.16. The number of nitrogens with two attached hydrogens (primary N) is 1. The van der Waals surface area contributed by atoms with Gasteiger partial charge in [-0.2, -0.15) is 0 Å². The molecular formula is C11H22N2S. The van der Waals surface area contributed by atoms with Gasteiger partial charge in [-0.1, -0.05) is 38.4 Å². The van der Waals surface area contributed by atoms with Gasteiger partial charge in [0, 0.05) is 12.6 Å². The fourth-order valence-electron chi connectivity index (χ4n) is 2.61. The van der Waals surface area contributed by atoms with Crippen LogP contribution in [0.25, 0.3) is 0 Å². The van der Waals surface area contributed by atoms with Gasteiger partial charge in [0.05, 0.1) is 4.99 Å². The maximum atomic E-state index is 5.58. The molecule has 2 nitrogen and oxygen atoms in total. The highest BCUT2D eigenvalue weighted by Gasteiger charge is 2.26. The van der Waals surface area contributed by atoms with Crippen LogP contribution >= 0.6 is 12.2 Å². The van der Waals surface area contributed by atoms with Gasteiger partial charge in [0.25, 0.3) is 0 Å². The summed E-state index contributed by atoms with van der Waals surface area (Å²) in [5.74, 6) is 0.850. The van der Waals surface area contributed by atoms with Gasteiger partial charge in [-0.3, -0.25) is 4.90 Å². The van der Waals surface area contributed by atoms with E-state index in [4.69, 9.17) is 18.0 Å². The Morgan fingerprint density at radius 1 is 1.43 bits per heavy atom. The van der Waals surface area contributed by atoms with Crippen LogP contribution in [0.4, 0.5) is 0 Å². The van der Waals surface area contributed by atoms with Gasteiger partial charge < -0.3 is 5.73 Å². The van der Waals surface area contributed by atoms with E-state index in [1.54, 1.807) is 0 Å². The summed E-state index contributed by atoms with van der Waals surface area (Å²) in [5.41, 5.74) is 5.58. The Labute approximate surface area is 92.8 Å². The van der Waals surface area contributed by atoms with E-state index >= 15 is 0 Å². The summed E-state index contributed by atoms with van der Waals surface area (Å²) >= 11 is 4.95. The van der Waals surface area contributed by atoms with E-state index in [0.717, 1.165) is 12.5 Å². The van der Waals surface area contributed by atoms with Crippen LogP contribution in [0.5, 0.6) is 0 Å². The lowest BCUT2D eigenvalue weighted by Gasteiger charge is -2.37. The minimum Gasteiger partial charge on any atom is -0.392 e. The van der Waals surface area contributed by atoms with Crippen LogP contribution < -0.4 is 5.73 Å². The first-order chi connectivity index (χ1) is 6.65. The summed E-state index contributed by atoms with van der Waals surface area (Å²) in [6.07, 6.45) is 6.74. The molecule has 0 heterocycles. The zero-order valence-corrected chi connectivity index (χ0v) is 10.1. The lowest BCUT2D eigenvalue weighted by molar-refractivity contribution is 0.142. The summed E-state index contributed by atoms with van der Waals surface area (Å²) in [7, 11) is 2.15. The largest absolute Gasteiger partial charge is 0.392 e.